The van der Waals surface area contributed by atoms with Crippen molar-refractivity contribution in [1.29, 1.82) is 0 Å². The molecule has 1 aliphatic rings. The van der Waals surface area contributed by atoms with Gasteiger partial charge in [0.05, 0.1) is 25.1 Å². The second-order valence-electron chi connectivity index (χ2n) is 7.60. The molecule has 13 heteroatoms. The van der Waals surface area contributed by atoms with Gasteiger partial charge in [-0.1, -0.05) is 30.1 Å². The summed E-state index contributed by atoms with van der Waals surface area (Å²) in [5.41, 5.74) is 5.35. The Morgan fingerprint density at radius 3 is 2.65 bits per heavy atom. The minimum Gasteiger partial charge on any atom is -0.310 e. The number of hydrogen-bond acceptors (Lipinski definition) is 7. The van der Waals surface area contributed by atoms with E-state index in [1.807, 2.05) is 19.1 Å². The van der Waals surface area contributed by atoms with Crippen LogP contribution in [-0.4, -0.2) is 45.0 Å². The molecule has 1 amide bonds. The summed E-state index contributed by atoms with van der Waals surface area (Å²) in [5, 5.41) is 17.1. The molecule has 4 rings (SSSR count). The first-order valence-corrected chi connectivity index (χ1v) is 12.8. The predicted molar refractivity (Wildman–Crippen MR) is 134 cm³/mol. The van der Waals surface area contributed by atoms with E-state index in [0.29, 0.717) is 48.1 Å². The average Bonchev–Trinajstić information content (AvgIpc) is 3.38. The van der Waals surface area contributed by atoms with Gasteiger partial charge in [-0.15, -0.1) is 21.5 Å². The number of hydrogen-bond donors (Lipinski definition) is 1. The monoisotopic (exact) mass is 587 g/mol. The van der Waals surface area contributed by atoms with Gasteiger partial charge in [-0.3, -0.25) is 10.2 Å². The fourth-order valence-corrected chi connectivity index (χ4v) is 5.81. The molecule has 0 atom stereocenters. The lowest BCUT2D eigenvalue weighted by molar-refractivity contribution is -0.769. The molecule has 9 nitrogen and oxygen atoms in total. The highest BCUT2D eigenvalue weighted by Crippen LogP contribution is 2.38. The maximum Gasteiger partial charge on any atom is 0.294 e. The molecule has 3 heterocycles. The van der Waals surface area contributed by atoms with Crippen molar-refractivity contribution < 1.29 is 14.7 Å². The van der Waals surface area contributed by atoms with Crippen molar-refractivity contribution in [2.45, 2.75) is 32.3 Å². The van der Waals surface area contributed by atoms with Crippen molar-refractivity contribution >= 4 is 56.4 Å². The van der Waals surface area contributed by atoms with Crippen LogP contribution in [0.3, 0.4) is 0 Å². The van der Waals surface area contributed by atoms with E-state index in [9.17, 15) is 14.9 Å². The van der Waals surface area contributed by atoms with Gasteiger partial charge in [-0.2, -0.15) is 5.10 Å². The molecule has 0 unspecified atom stereocenters. The number of aromatic nitrogens is 2. The first kappa shape index (κ1) is 24.9. The highest BCUT2D eigenvalue weighted by Gasteiger charge is 2.28. The third-order valence-electron chi connectivity index (χ3n) is 5.43. The van der Waals surface area contributed by atoms with Gasteiger partial charge in [-0.25, -0.2) is 9.69 Å². The average molecular weight is 589 g/mol. The standard InChI is InChI=1S/C21H20BrCl2N5O4S/c1-2-14-19(21(30)26-27-9-7-13(8-10-27)33-29(31)32)25-28(16-4-3-12(23)11-15(16)24)20(14)17-5-6-18(22)34-17/h3-6,11,13H,2,7-10H2,1H3,(H,26,30). The van der Waals surface area contributed by atoms with Crippen LogP contribution < -0.4 is 5.43 Å². The summed E-state index contributed by atoms with van der Waals surface area (Å²) < 4.78 is 2.63. The quantitative estimate of drug-likeness (QED) is 0.287. The number of benzene rings is 1. The Labute approximate surface area is 217 Å². The van der Waals surface area contributed by atoms with Crippen molar-refractivity contribution in [2.24, 2.45) is 0 Å². The molecule has 1 fully saturated rings. The Kier molecular flexibility index (Phi) is 7.78. The molecule has 0 spiro atoms. The summed E-state index contributed by atoms with van der Waals surface area (Å²) in [6.45, 7) is 2.83. The number of thiophene rings is 1. The van der Waals surface area contributed by atoms with Crippen LogP contribution in [0.2, 0.25) is 10.0 Å². The van der Waals surface area contributed by atoms with Crippen molar-refractivity contribution in [3.8, 4) is 16.3 Å². The lowest BCUT2D eigenvalue weighted by Crippen LogP contribution is -2.48. The van der Waals surface area contributed by atoms with E-state index in [1.54, 1.807) is 27.9 Å². The molecule has 1 saturated heterocycles. The second kappa shape index (κ2) is 10.6. The van der Waals surface area contributed by atoms with Crippen LogP contribution in [0.4, 0.5) is 0 Å². The topological polar surface area (TPSA) is 103 Å². The van der Waals surface area contributed by atoms with Gasteiger partial charge in [0.25, 0.3) is 11.0 Å². The number of piperidine rings is 1. The van der Waals surface area contributed by atoms with Crippen LogP contribution in [0.15, 0.2) is 34.1 Å². The summed E-state index contributed by atoms with van der Waals surface area (Å²) in [5.74, 6) is -0.355. The SMILES string of the molecule is CCc1c(C(=O)NN2CCC(O[N+](=O)[O-])CC2)nn(-c2ccc(Cl)cc2Cl)c1-c1ccc(Br)s1. The molecule has 0 radical (unpaired) electrons. The minimum absolute atomic E-state index is 0.289. The molecule has 3 aromatic rings. The largest absolute Gasteiger partial charge is 0.310 e. The van der Waals surface area contributed by atoms with Crippen LogP contribution in [0, 0.1) is 10.1 Å². The highest BCUT2D eigenvalue weighted by molar-refractivity contribution is 9.11. The fraction of sp³-hybridized carbons (Fsp3) is 0.333. The van der Waals surface area contributed by atoms with Gasteiger partial charge in [0.2, 0.25) is 0 Å². The molecule has 180 valence electrons. The van der Waals surface area contributed by atoms with Crippen LogP contribution in [-0.2, 0) is 11.3 Å². The summed E-state index contributed by atoms with van der Waals surface area (Å²) in [7, 11) is 0. The number of amides is 1. The Bertz CT molecular complexity index is 1230. The predicted octanol–water partition coefficient (Wildman–Crippen LogP) is 5.55. The number of carbonyl (C=O) groups is 1. The zero-order valence-electron chi connectivity index (χ0n) is 18.0. The number of rotatable bonds is 7. The Balaban J connectivity index is 1.67. The number of hydrazine groups is 1. The van der Waals surface area contributed by atoms with E-state index in [-0.39, 0.29) is 11.6 Å². The van der Waals surface area contributed by atoms with Gasteiger partial charge in [0.15, 0.2) is 5.69 Å². The summed E-state index contributed by atoms with van der Waals surface area (Å²) >= 11 is 17.6. The molecule has 0 aliphatic carbocycles. The van der Waals surface area contributed by atoms with Crippen LogP contribution >= 0.6 is 50.5 Å². The van der Waals surface area contributed by atoms with Gasteiger partial charge in [-0.05, 0) is 65.5 Å². The van der Waals surface area contributed by atoms with Crippen molar-refractivity contribution in [3.63, 3.8) is 0 Å². The summed E-state index contributed by atoms with van der Waals surface area (Å²) in [4.78, 5) is 29.4. The number of carbonyl (C=O) groups excluding carboxylic acids is 1. The zero-order chi connectivity index (χ0) is 24.4. The van der Waals surface area contributed by atoms with Crippen LogP contribution in [0.1, 0.15) is 35.8 Å². The van der Waals surface area contributed by atoms with Crippen molar-refractivity contribution in [3.05, 3.63) is 65.5 Å². The zero-order valence-corrected chi connectivity index (χ0v) is 21.9. The molecule has 0 bridgehead atoms. The number of nitrogens with zero attached hydrogens (tertiary/aromatic N) is 4. The van der Waals surface area contributed by atoms with Crippen LogP contribution in [0.5, 0.6) is 0 Å². The Hall–Kier alpha value is -2.18. The fourth-order valence-electron chi connectivity index (χ4n) is 3.88. The van der Waals surface area contributed by atoms with Crippen molar-refractivity contribution in [2.75, 3.05) is 13.1 Å². The normalized spacial score (nSPS) is 14.8. The van der Waals surface area contributed by atoms with E-state index in [2.05, 4.69) is 31.3 Å². The molecule has 1 N–H and O–H groups in total. The molecule has 0 saturated carbocycles. The van der Waals surface area contributed by atoms with Gasteiger partial charge in [0, 0.05) is 23.7 Å². The molecule has 1 aliphatic heterocycles. The second-order valence-corrected chi connectivity index (χ2v) is 10.9. The first-order chi connectivity index (χ1) is 16.3. The lowest BCUT2D eigenvalue weighted by Gasteiger charge is -2.30. The van der Waals surface area contributed by atoms with Crippen molar-refractivity contribution in [1.82, 2.24) is 20.2 Å². The highest BCUT2D eigenvalue weighted by atomic mass is 79.9. The molecular formula is C21H20BrCl2N5O4S. The van der Waals surface area contributed by atoms with E-state index in [0.717, 1.165) is 19.9 Å². The maximum absolute atomic E-state index is 13.3. The summed E-state index contributed by atoms with van der Waals surface area (Å²) in [6.07, 6.45) is 0.970. The molecule has 34 heavy (non-hydrogen) atoms. The van der Waals surface area contributed by atoms with Crippen LogP contribution in [0.25, 0.3) is 16.3 Å². The molecular weight excluding hydrogens is 569 g/mol. The van der Waals surface area contributed by atoms with E-state index >= 15 is 0 Å². The first-order valence-electron chi connectivity index (χ1n) is 10.5. The van der Waals surface area contributed by atoms with E-state index in [4.69, 9.17) is 23.2 Å². The van der Waals surface area contributed by atoms with Gasteiger partial charge < -0.3 is 4.84 Å². The lowest BCUT2D eigenvalue weighted by atomic mass is 10.1. The number of nitrogens with one attached hydrogen (secondary N) is 1. The minimum atomic E-state index is -0.772. The summed E-state index contributed by atoms with van der Waals surface area (Å²) in [6, 6.07) is 9.03. The molecule has 1 aromatic carbocycles. The van der Waals surface area contributed by atoms with Gasteiger partial charge in [0.1, 0.15) is 6.10 Å². The van der Waals surface area contributed by atoms with E-state index < -0.39 is 11.2 Å². The maximum atomic E-state index is 13.3. The molecule has 2 aromatic heterocycles. The Morgan fingerprint density at radius 1 is 1.32 bits per heavy atom. The van der Waals surface area contributed by atoms with Gasteiger partial charge >= 0.3 is 0 Å². The number of halogens is 3. The Morgan fingerprint density at radius 2 is 2.06 bits per heavy atom. The van der Waals surface area contributed by atoms with E-state index in [1.165, 1.54) is 11.3 Å². The third-order valence-corrected chi connectivity index (χ3v) is 7.60. The smallest absolute Gasteiger partial charge is 0.294 e. The third kappa shape index (κ3) is 5.38.